The topological polar surface area (TPSA) is 66.4 Å². The van der Waals surface area contributed by atoms with Crippen LogP contribution >= 0.6 is 10.9 Å². The third-order valence-corrected chi connectivity index (χ3v) is 3.79. The van der Waals surface area contributed by atoms with Crippen molar-refractivity contribution in [1.82, 2.24) is 5.32 Å². The van der Waals surface area contributed by atoms with Crippen molar-refractivity contribution in [2.75, 3.05) is 0 Å². The van der Waals surface area contributed by atoms with Gasteiger partial charge in [0.15, 0.2) is 0 Å². The van der Waals surface area contributed by atoms with Crippen LogP contribution in [0.1, 0.15) is 13.3 Å². The molecule has 0 saturated carbocycles. The summed E-state index contributed by atoms with van der Waals surface area (Å²) in [6.45, 7) is 1.40. The summed E-state index contributed by atoms with van der Waals surface area (Å²) in [5.74, 6) is -1.08. The van der Waals surface area contributed by atoms with E-state index >= 15 is 0 Å². The highest BCUT2D eigenvalue weighted by molar-refractivity contribution is 8.22. The molecule has 1 unspecified atom stereocenters. The highest BCUT2D eigenvalue weighted by Gasteiger charge is 2.19. The fourth-order valence-electron chi connectivity index (χ4n) is 1.19. The number of hydrogen-bond acceptors (Lipinski definition) is 2. The predicted octanol–water partition coefficient (Wildman–Crippen LogP) is 0.966. The Kier molecular flexibility index (Phi) is 3.76. The Hall–Kier alpha value is -1.23. The second kappa shape index (κ2) is 4.85. The van der Waals surface area contributed by atoms with E-state index in [0.29, 0.717) is 0 Å². The zero-order valence-electron chi connectivity index (χ0n) is 7.80. The van der Waals surface area contributed by atoms with Gasteiger partial charge in [0.05, 0.1) is 11.8 Å². The minimum atomic E-state index is -0.889. The van der Waals surface area contributed by atoms with Crippen LogP contribution in [0.4, 0.5) is 0 Å². The first kappa shape index (κ1) is 10.8. The number of rotatable bonds is 4. The van der Waals surface area contributed by atoms with E-state index in [-0.39, 0.29) is 17.7 Å². The van der Waals surface area contributed by atoms with Crippen LogP contribution in [0.15, 0.2) is 23.0 Å². The molecule has 0 radical (unpaired) electrons. The van der Waals surface area contributed by atoms with Crippen LogP contribution in [0.3, 0.4) is 0 Å². The summed E-state index contributed by atoms with van der Waals surface area (Å²) < 4.78 is 0. The number of aliphatic carboxylic acids is 1. The van der Waals surface area contributed by atoms with Gasteiger partial charge in [-0.1, -0.05) is 12.2 Å². The number of carbonyl (C=O) groups is 2. The van der Waals surface area contributed by atoms with Crippen LogP contribution in [0, 0.1) is 0 Å². The molecule has 5 heteroatoms. The number of thiol groups is 1. The van der Waals surface area contributed by atoms with Crippen LogP contribution in [0.25, 0.3) is 0 Å². The number of carboxylic acids is 1. The Labute approximate surface area is 85.0 Å². The lowest BCUT2D eigenvalue weighted by molar-refractivity contribution is -0.137. The van der Waals surface area contributed by atoms with Gasteiger partial charge in [0.2, 0.25) is 5.91 Å². The van der Waals surface area contributed by atoms with Crippen molar-refractivity contribution in [1.29, 1.82) is 0 Å². The van der Waals surface area contributed by atoms with E-state index in [9.17, 15) is 9.59 Å². The summed E-state index contributed by atoms with van der Waals surface area (Å²) in [5, 5.41) is 14.9. The molecular weight excluding hydrogens is 202 g/mol. The maximum atomic E-state index is 10.9. The van der Waals surface area contributed by atoms with Gasteiger partial charge in [-0.25, -0.2) is 0 Å². The first-order valence-corrected chi connectivity index (χ1v) is 5.76. The van der Waals surface area contributed by atoms with E-state index in [1.54, 1.807) is 0 Å². The van der Waals surface area contributed by atoms with Crippen molar-refractivity contribution in [2.24, 2.45) is 0 Å². The molecule has 1 aliphatic rings. The largest absolute Gasteiger partial charge is 0.481 e. The average Bonchev–Trinajstić information content (AvgIpc) is 2.52. The van der Waals surface area contributed by atoms with Crippen LogP contribution < -0.4 is 5.32 Å². The van der Waals surface area contributed by atoms with Crippen molar-refractivity contribution in [3.63, 3.8) is 0 Å². The Bertz CT molecular complexity index is 270. The average molecular weight is 215 g/mol. The molecule has 0 aromatic heterocycles. The number of amides is 1. The van der Waals surface area contributed by atoms with E-state index in [4.69, 9.17) is 5.11 Å². The fourth-order valence-corrected chi connectivity index (χ4v) is 3.00. The van der Waals surface area contributed by atoms with E-state index in [2.05, 4.69) is 5.32 Å². The minimum absolute atomic E-state index is 0.0278. The molecule has 1 heterocycles. The van der Waals surface area contributed by atoms with Crippen LogP contribution in [0.5, 0.6) is 0 Å². The second-order valence-electron chi connectivity index (χ2n) is 2.94. The third kappa shape index (κ3) is 3.26. The number of allylic oxidation sites excluding steroid dienone is 2. The lowest BCUT2D eigenvalue weighted by Gasteiger charge is -2.23. The highest BCUT2D eigenvalue weighted by atomic mass is 32.2. The third-order valence-electron chi connectivity index (χ3n) is 1.73. The lowest BCUT2D eigenvalue weighted by atomic mass is 10.4. The highest BCUT2D eigenvalue weighted by Crippen LogP contribution is 2.38. The number of carbonyl (C=O) groups excluding carboxylic acids is 1. The molecule has 0 saturated heterocycles. The number of carboxylic acid groups (broad SMARTS) is 1. The normalized spacial score (nSPS) is 18.2. The molecule has 0 aromatic rings. The molecule has 0 fully saturated rings. The fraction of sp³-hybridized carbons (Fsp3) is 0.333. The Morgan fingerprint density at radius 2 is 2.00 bits per heavy atom. The van der Waals surface area contributed by atoms with Gasteiger partial charge in [-0.3, -0.25) is 9.59 Å². The Balaban J connectivity index is 2.60. The van der Waals surface area contributed by atoms with Gasteiger partial charge in [-0.15, -0.1) is 0 Å². The van der Waals surface area contributed by atoms with E-state index in [1.165, 1.54) is 6.92 Å². The van der Waals surface area contributed by atoms with Crippen molar-refractivity contribution in [3.05, 3.63) is 23.0 Å². The van der Waals surface area contributed by atoms with Gasteiger partial charge in [0.25, 0.3) is 0 Å². The summed E-state index contributed by atoms with van der Waals surface area (Å²) >= 11 is 0. The minimum Gasteiger partial charge on any atom is -0.481 e. The Morgan fingerprint density at radius 1 is 1.43 bits per heavy atom. The molecule has 4 nitrogen and oxygen atoms in total. The summed E-state index contributed by atoms with van der Waals surface area (Å²) in [5.41, 5.74) is 0. The summed E-state index contributed by atoms with van der Waals surface area (Å²) in [4.78, 5) is 21.4. The van der Waals surface area contributed by atoms with Crippen molar-refractivity contribution in [2.45, 2.75) is 18.7 Å². The van der Waals surface area contributed by atoms with Crippen molar-refractivity contribution in [3.8, 4) is 0 Å². The molecule has 2 N–H and O–H groups in total. The molecule has 0 bridgehead atoms. The summed E-state index contributed by atoms with van der Waals surface area (Å²) in [7, 11) is -0.647. The SMILES string of the molecule is CC(=O)NC(CC(=O)O)[SH]1C=CC=C1. The standard InChI is InChI=1S/C9H13NO3S/c1-7(11)10-8(6-9(12)13)14-4-2-3-5-14/h2-5,8,14H,6H2,1H3,(H,10,11)(H,12,13). The molecule has 0 aromatic carbocycles. The van der Waals surface area contributed by atoms with Gasteiger partial charge in [-0.2, -0.15) is 10.9 Å². The maximum Gasteiger partial charge on any atom is 0.306 e. The number of hydrogen-bond donors (Lipinski definition) is 3. The van der Waals surface area contributed by atoms with Gasteiger partial charge in [0.1, 0.15) is 0 Å². The molecule has 78 valence electrons. The molecule has 0 aliphatic carbocycles. The van der Waals surface area contributed by atoms with Crippen LogP contribution in [-0.4, -0.2) is 22.4 Å². The maximum absolute atomic E-state index is 10.9. The molecular formula is C9H13NO3S. The van der Waals surface area contributed by atoms with Crippen molar-refractivity contribution < 1.29 is 14.7 Å². The second-order valence-corrected chi connectivity index (χ2v) is 5.06. The van der Waals surface area contributed by atoms with Gasteiger partial charge < -0.3 is 10.4 Å². The summed E-state index contributed by atoms with van der Waals surface area (Å²) in [6, 6.07) is 0. The molecule has 1 atom stereocenters. The lowest BCUT2D eigenvalue weighted by Crippen LogP contribution is -2.33. The van der Waals surface area contributed by atoms with Crippen LogP contribution in [-0.2, 0) is 9.59 Å². The van der Waals surface area contributed by atoms with Crippen molar-refractivity contribution >= 4 is 22.8 Å². The zero-order valence-corrected chi connectivity index (χ0v) is 8.70. The zero-order chi connectivity index (χ0) is 10.6. The summed E-state index contributed by atoms with van der Waals surface area (Å²) in [6.07, 6.45) is 3.73. The smallest absolute Gasteiger partial charge is 0.306 e. The predicted molar refractivity (Wildman–Crippen MR) is 57.1 cm³/mol. The van der Waals surface area contributed by atoms with E-state index < -0.39 is 16.9 Å². The molecule has 14 heavy (non-hydrogen) atoms. The monoisotopic (exact) mass is 215 g/mol. The quantitative estimate of drug-likeness (QED) is 0.612. The van der Waals surface area contributed by atoms with Gasteiger partial charge >= 0.3 is 5.97 Å². The van der Waals surface area contributed by atoms with E-state index in [0.717, 1.165) is 0 Å². The van der Waals surface area contributed by atoms with Gasteiger partial charge in [0, 0.05) is 6.92 Å². The molecule has 1 rings (SSSR count). The first-order valence-electron chi connectivity index (χ1n) is 4.21. The molecule has 0 spiro atoms. The Morgan fingerprint density at radius 3 is 2.43 bits per heavy atom. The first-order chi connectivity index (χ1) is 6.59. The van der Waals surface area contributed by atoms with Gasteiger partial charge in [-0.05, 0) is 10.8 Å². The number of nitrogens with one attached hydrogen (secondary N) is 1. The van der Waals surface area contributed by atoms with E-state index in [1.807, 2.05) is 23.0 Å². The molecule has 1 amide bonds. The van der Waals surface area contributed by atoms with Crippen LogP contribution in [0.2, 0.25) is 0 Å². The molecule has 1 aliphatic heterocycles.